The highest BCUT2D eigenvalue weighted by Crippen LogP contribution is 2.10. The molecule has 0 spiro atoms. The monoisotopic (exact) mass is 189 g/mol. The van der Waals surface area contributed by atoms with Crippen molar-refractivity contribution in [2.24, 2.45) is 0 Å². The van der Waals surface area contributed by atoms with Gasteiger partial charge in [-0.1, -0.05) is 6.07 Å². The first-order valence-corrected chi connectivity index (χ1v) is 4.10. The van der Waals surface area contributed by atoms with Crippen molar-refractivity contribution >= 4 is 11.4 Å². The summed E-state index contributed by atoms with van der Waals surface area (Å²) < 4.78 is 22.5. The van der Waals surface area contributed by atoms with Gasteiger partial charge in [-0.15, -0.1) is 0 Å². The predicted octanol–water partition coefficient (Wildman–Crippen LogP) is 0.226. The topological polar surface area (TPSA) is 79.7 Å². The zero-order valence-corrected chi connectivity index (χ0v) is 6.77. The molecule has 2 N–H and O–H groups in total. The molecular weight excluding hydrogens is 182 g/mol. The Hall–Kier alpha value is -0.820. The van der Waals surface area contributed by atoms with Crippen molar-refractivity contribution < 1.29 is 18.1 Å². The lowest BCUT2D eigenvalue weighted by atomic mass is 10.3. The summed E-state index contributed by atoms with van der Waals surface area (Å²) in [4.78, 5) is 3.71. The number of pyridine rings is 1. The van der Waals surface area contributed by atoms with Crippen LogP contribution < -0.4 is 0 Å². The maximum atomic E-state index is 10.1. The number of rotatable bonds is 3. The van der Waals surface area contributed by atoms with E-state index in [0.717, 1.165) is 0 Å². The van der Waals surface area contributed by atoms with Gasteiger partial charge in [0.05, 0.1) is 5.69 Å². The summed E-state index contributed by atoms with van der Waals surface area (Å²) in [6.45, 7) is 0. The van der Waals surface area contributed by atoms with Crippen LogP contribution >= 0.6 is 0 Å². The van der Waals surface area contributed by atoms with Gasteiger partial charge in [-0.05, 0) is 12.1 Å². The van der Waals surface area contributed by atoms with Crippen LogP contribution in [0, 0.1) is 0 Å². The van der Waals surface area contributed by atoms with E-state index in [2.05, 4.69) is 9.17 Å². The number of hydrogen-bond acceptors (Lipinski definition) is 4. The molecule has 1 aromatic rings. The average molecular weight is 189 g/mol. The van der Waals surface area contributed by atoms with Crippen molar-refractivity contribution in [3.8, 4) is 0 Å². The van der Waals surface area contributed by atoms with E-state index in [-0.39, 0.29) is 5.69 Å². The molecule has 0 aliphatic rings. The molecule has 0 saturated heterocycles. The molecule has 12 heavy (non-hydrogen) atoms. The minimum atomic E-state index is -2.49. The lowest BCUT2D eigenvalue weighted by Gasteiger charge is -2.05. The first-order valence-electron chi connectivity index (χ1n) is 3.07. The van der Waals surface area contributed by atoms with Crippen LogP contribution in [0.4, 0.5) is 0 Å². The highest BCUT2D eigenvalue weighted by molar-refractivity contribution is 7.74. The molecular formula is C6H7NO4S. The van der Waals surface area contributed by atoms with Crippen LogP contribution in [-0.2, 0) is 15.5 Å². The fraction of sp³-hybridized carbons (Fsp3) is 0.167. The van der Waals surface area contributed by atoms with Gasteiger partial charge in [0, 0.05) is 6.20 Å². The van der Waals surface area contributed by atoms with Gasteiger partial charge in [-0.3, -0.25) is 9.54 Å². The highest BCUT2D eigenvalue weighted by Gasteiger charge is 2.10. The molecule has 0 aromatic carbocycles. The van der Waals surface area contributed by atoms with Crippen LogP contribution in [0.15, 0.2) is 24.4 Å². The van der Waals surface area contributed by atoms with Crippen LogP contribution in [0.3, 0.4) is 0 Å². The van der Waals surface area contributed by atoms with E-state index in [0.29, 0.717) is 0 Å². The van der Waals surface area contributed by atoms with Gasteiger partial charge in [-0.2, -0.15) is 4.21 Å². The summed E-state index contributed by atoms with van der Waals surface area (Å²) in [7, 11) is 0. The molecule has 0 fully saturated rings. The molecule has 2 unspecified atom stereocenters. The minimum Gasteiger partial charge on any atom is -0.362 e. The lowest BCUT2D eigenvalue weighted by Crippen LogP contribution is -2.06. The summed E-state index contributed by atoms with van der Waals surface area (Å²) in [6.07, 6.45) is -0.0144. The van der Waals surface area contributed by atoms with Crippen molar-refractivity contribution in [3.05, 3.63) is 30.1 Å². The van der Waals surface area contributed by atoms with Gasteiger partial charge >= 0.3 is 11.4 Å². The van der Waals surface area contributed by atoms with E-state index >= 15 is 0 Å². The van der Waals surface area contributed by atoms with E-state index in [9.17, 15) is 4.21 Å². The van der Waals surface area contributed by atoms with E-state index < -0.39 is 17.7 Å². The van der Waals surface area contributed by atoms with Crippen LogP contribution in [0.2, 0.25) is 0 Å². The normalized spacial score (nSPS) is 15.5. The van der Waals surface area contributed by atoms with Gasteiger partial charge in [0.2, 0.25) is 6.29 Å². The molecule has 0 bridgehead atoms. The van der Waals surface area contributed by atoms with Gasteiger partial charge in [-0.25, -0.2) is 4.18 Å². The Labute approximate surface area is 71.5 Å². The molecule has 5 nitrogen and oxygen atoms in total. The molecule has 1 rings (SSSR count). The maximum absolute atomic E-state index is 10.1. The summed E-state index contributed by atoms with van der Waals surface area (Å²) >= 11 is -2.49. The fourth-order valence-electron chi connectivity index (χ4n) is 0.649. The molecule has 0 amide bonds. The summed E-state index contributed by atoms with van der Waals surface area (Å²) in [5, 5.41) is 9.05. The van der Waals surface area contributed by atoms with Crippen LogP contribution in [0.1, 0.15) is 12.0 Å². The van der Waals surface area contributed by atoms with Crippen molar-refractivity contribution in [2.45, 2.75) is 6.29 Å². The van der Waals surface area contributed by atoms with Crippen LogP contribution in [-0.4, -0.2) is 18.9 Å². The van der Waals surface area contributed by atoms with Gasteiger partial charge in [0.15, 0.2) is 0 Å². The number of nitrogens with zero attached hydrogens (tertiary/aromatic N) is 1. The average Bonchev–Trinajstić information content (AvgIpc) is 2.05. The van der Waals surface area contributed by atoms with E-state index in [1.54, 1.807) is 12.1 Å². The van der Waals surface area contributed by atoms with Gasteiger partial charge in [0.25, 0.3) is 0 Å². The SMILES string of the molecule is O=S(O)OC(O)c1ccccn1. The zero-order valence-electron chi connectivity index (χ0n) is 5.95. The molecule has 2 atom stereocenters. The van der Waals surface area contributed by atoms with E-state index in [4.69, 9.17) is 9.66 Å². The van der Waals surface area contributed by atoms with Gasteiger partial charge < -0.3 is 5.11 Å². The summed E-state index contributed by atoms with van der Waals surface area (Å²) in [5.41, 5.74) is 0.194. The van der Waals surface area contributed by atoms with Crippen molar-refractivity contribution in [1.29, 1.82) is 0 Å². The third kappa shape index (κ3) is 2.67. The molecule has 66 valence electrons. The minimum absolute atomic E-state index is 0.194. The quantitative estimate of drug-likeness (QED) is 0.525. The van der Waals surface area contributed by atoms with Gasteiger partial charge in [0.1, 0.15) is 0 Å². The van der Waals surface area contributed by atoms with Crippen LogP contribution in [0.25, 0.3) is 0 Å². The number of aromatic nitrogens is 1. The molecule has 1 aromatic heterocycles. The molecule has 6 heteroatoms. The molecule has 0 aliphatic heterocycles. The number of aliphatic hydroxyl groups is 1. The second kappa shape index (κ2) is 4.27. The Morgan fingerprint density at radius 1 is 1.58 bits per heavy atom. The number of hydrogen-bond donors (Lipinski definition) is 2. The van der Waals surface area contributed by atoms with Crippen LogP contribution in [0.5, 0.6) is 0 Å². The number of aliphatic hydroxyl groups excluding tert-OH is 1. The Morgan fingerprint density at radius 2 is 2.33 bits per heavy atom. The third-order valence-electron chi connectivity index (χ3n) is 1.11. The predicted molar refractivity (Wildman–Crippen MR) is 41.1 cm³/mol. The second-order valence-electron chi connectivity index (χ2n) is 1.92. The van der Waals surface area contributed by atoms with Crippen molar-refractivity contribution in [2.75, 3.05) is 0 Å². The lowest BCUT2D eigenvalue weighted by molar-refractivity contribution is -0.0184. The molecule has 0 aliphatic carbocycles. The molecule has 1 heterocycles. The Morgan fingerprint density at radius 3 is 2.83 bits per heavy atom. The highest BCUT2D eigenvalue weighted by atomic mass is 32.2. The Kier molecular flexibility index (Phi) is 3.30. The first kappa shape index (κ1) is 9.27. The standard InChI is InChI=1S/C6H7NO4S/c8-6(11-12(9)10)5-3-1-2-4-7-5/h1-4,6,8H,(H,9,10). The Balaban J connectivity index is 2.65. The summed E-state index contributed by atoms with van der Waals surface area (Å²) in [5.74, 6) is 0. The first-order chi connectivity index (χ1) is 5.70. The second-order valence-corrected chi connectivity index (χ2v) is 2.55. The Bertz CT molecular complexity index is 266. The van der Waals surface area contributed by atoms with Crippen molar-refractivity contribution in [3.63, 3.8) is 0 Å². The third-order valence-corrected chi connectivity index (χ3v) is 1.46. The van der Waals surface area contributed by atoms with E-state index in [1.165, 1.54) is 12.3 Å². The largest absolute Gasteiger partial charge is 0.362 e. The summed E-state index contributed by atoms with van der Waals surface area (Å²) in [6, 6.07) is 4.78. The smallest absolute Gasteiger partial charge is 0.304 e. The molecule has 0 radical (unpaired) electrons. The van der Waals surface area contributed by atoms with E-state index in [1.807, 2.05) is 0 Å². The maximum Gasteiger partial charge on any atom is 0.304 e. The van der Waals surface area contributed by atoms with Crippen molar-refractivity contribution in [1.82, 2.24) is 4.98 Å². The molecule has 0 saturated carbocycles. The fourth-order valence-corrected chi connectivity index (χ4v) is 0.904. The zero-order chi connectivity index (χ0) is 8.97.